The van der Waals surface area contributed by atoms with E-state index in [9.17, 15) is 4.79 Å². The first-order valence-electron chi connectivity index (χ1n) is 7.34. The molecule has 1 saturated carbocycles. The Balaban J connectivity index is 2.00. The second-order valence-electron chi connectivity index (χ2n) is 6.47. The number of hydrogen-bond acceptors (Lipinski definition) is 2. The van der Waals surface area contributed by atoms with Crippen molar-refractivity contribution < 1.29 is 4.79 Å². The summed E-state index contributed by atoms with van der Waals surface area (Å²) in [6.45, 7) is 5.29. The van der Waals surface area contributed by atoms with Gasteiger partial charge < -0.3 is 4.90 Å². The van der Waals surface area contributed by atoms with Gasteiger partial charge in [0.25, 0.3) is 0 Å². The fourth-order valence-corrected chi connectivity index (χ4v) is 4.21. The van der Waals surface area contributed by atoms with Crippen molar-refractivity contribution in [2.45, 2.75) is 38.1 Å². The number of carbonyl (C=O) groups excluding carboxylic acids is 1. The van der Waals surface area contributed by atoms with Gasteiger partial charge in [-0.1, -0.05) is 26.0 Å². The van der Waals surface area contributed by atoms with Gasteiger partial charge in [-0.3, -0.25) is 4.79 Å². The van der Waals surface area contributed by atoms with Crippen molar-refractivity contribution in [2.24, 2.45) is 11.8 Å². The highest BCUT2D eigenvalue weighted by molar-refractivity contribution is 5.53. The minimum Gasteiger partial charge on any atom is -0.339 e. The van der Waals surface area contributed by atoms with E-state index in [0.717, 1.165) is 25.8 Å². The Labute approximate surface area is 120 Å². The molecule has 1 saturated heterocycles. The Kier molecular flexibility index (Phi) is 3.05. The zero-order valence-corrected chi connectivity index (χ0v) is 12.0. The zero-order chi connectivity index (χ0) is 14.3. The van der Waals surface area contributed by atoms with Crippen LogP contribution in [-0.4, -0.2) is 23.4 Å². The lowest BCUT2D eigenvalue weighted by atomic mass is 9.76. The highest BCUT2D eigenvalue weighted by Gasteiger charge is 2.61. The van der Waals surface area contributed by atoms with E-state index in [1.165, 1.54) is 5.56 Å². The van der Waals surface area contributed by atoms with Crippen LogP contribution < -0.4 is 0 Å². The molecule has 1 spiro atoms. The van der Waals surface area contributed by atoms with Crippen LogP contribution in [0.25, 0.3) is 0 Å². The van der Waals surface area contributed by atoms with Crippen molar-refractivity contribution in [3.8, 4) is 6.07 Å². The molecular weight excluding hydrogens is 248 g/mol. The maximum atomic E-state index is 11.4. The SMILES string of the molecule is CC(C)[C@@H]1C(c2cccc(C#N)c2)CN(C=O)C12CC2. The van der Waals surface area contributed by atoms with Crippen LogP contribution in [0.15, 0.2) is 24.3 Å². The van der Waals surface area contributed by atoms with Crippen LogP contribution in [0, 0.1) is 23.2 Å². The second kappa shape index (κ2) is 4.63. The number of hydrogen-bond donors (Lipinski definition) is 0. The van der Waals surface area contributed by atoms with Crippen LogP contribution in [0.3, 0.4) is 0 Å². The van der Waals surface area contributed by atoms with E-state index < -0.39 is 0 Å². The van der Waals surface area contributed by atoms with E-state index in [1.54, 1.807) is 0 Å². The van der Waals surface area contributed by atoms with E-state index >= 15 is 0 Å². The number of nitriles is 1. The molecule has 0 aromatic heterocycles. The maximum Gasteiger partial charge on any atom is 0.210 e. The normalized spacial score (nSPS) is 26.8. The molecule has 0 bridgehead atoms. The Bertz CT molecular complexity index is 569. The summed E-state index contributed by atoms with van der Waals surface area (Å²) in [7, 11) is 0. The van der Waals surface area contributed by atoms with Gasteiger partial charge >= 0.3 is 0 Å². The molecule has 1 unspecified atom stereocenters. The van der Waals surface area contributed by atoms with E-state index in [4.69, 9.17) is 5.26 Å². The minimum absolute atomic E-state index is 0.100. The summed E-state index contributed by atoms with van der Waals surface area (Å²) in [4.78, 5) is 13.4. The Morgan fingerprint density at radius 2 is 2.20 bits per heavy atom. The number of benzene rings is 1. The average Bonchev–Trinajstić information content (AvgIpc) is 3.15. The molecule has 20 heavy (non-hydrogen) atoms. The summed E-state index contributed by atoms with van der Waals surface area (Å²) in [6.07, 6.45) is 3.28. The fourth-order valence-electron chi connectivity index (χ4n) is 4.21. The highest BCUT2D eigenvalue weighted by atomic mass is 16.1. The summed E-state index contributed by atoms with van der Waals surface area (Å²) < 4.78 is 0. The van der Waals surface area contributed by atoms with Crippen LogP contribution in [0.2, 0.25) is 0 Å². The van der Waals surface area contributed by atoms with E-state index in [0.29, 0.717) is 23.3 Å². The Hall–Kier alpha value is -1.82. The summed E-state index contributed by atoms with van der Waals surface area (Å²) in [5, 5.41) is 9.08. The van der Waals surface area contributed by atoms with Gasteiger partial charge in [-0.25, -0.2) is 0 Å². The number of likely N-dealkylation sites (tertiary alicyclic amines) is 1. The molecule has 3 rings (SSSR count). The number of carbonyl (C=O) groups is 1. The van der Waals surface area contributed by atoms with Gasteiger partial charge in [0.2, 0.25) is 6.41 Å². The molecule has 2 aliphatic rings. The van der Waals surface area contributed by atoms with E-state index in [2.05, 4.69) is 26.0 Å². The summed E-state index contributed by atoms with van der Waals surface area (Å²) in [5.41, 5.74) is 2.02. The predicted molar refractivity (Wildman–Crippen MR) is 77.0 cm³/mol. The standard InChI is InChI=1S/C17H20N2O/c1-12(2)16-15(10-19(11-20)17(16)6-7-17)14-5-3-4-13(8-14)9-18/h3-5,8,11-12,15-16H,6-7,10H2,1-2H3/t15?,16-/m1/s1. The molecular formula is C17H20N2O. The number of nitrogens with zero attached hydrogens (tertiary/aromatic N) is 2. The van der Waals surface area contributed by atoms with E-state index in [1.807, 2.05) is 23.1 Å². The molecule has 3 nitrogen and oxygen atoms in total. The van der Waals surface area contributed by atoms with Crippen LogP contribution in [0.1, 0.15) is 43.7 Å². The van der Waals surface area contributed by atoms with Crippen LogP contribution in [0.5, 0.6) is 0 Å². The molecule has 1 aromatic carbocycles. The molecule has 2 fully saturated rings. The van der Waals surface area contributed by atoms with Crippen molar-refractivity contribution in [1.82, 2.24) is 4.90 Å². The second-order valence-corrected chi connectivity index (χ2v) is 6.47. The molecule has 3 heteroatoms. The quantitative estimate of drug-likeness (QED) is 0.791. The first kappa shape index (κ1) is 13.2. The summed E-state index contributed by atoms with van der Waals surface area (Å²) in [5.74, 6) is 1.40. The third kappa shape index (κ3) is 1.83. The van der Waals surface area contributed by atoms with Gasteiger partial charge in [0.05, 0.1) is 11.6 Å². The lowest BCUT2D eigenvalue weighted by molar-refractivity contribution is -0.120. The van der Waals surface area contributed by atoms with Crippen molar-refractivity contribution >= 4 is 6.41 Å². The molecule has 1 aliphatic carbocycles. The topological polar surface area (TPSA) is 44.1 Å². The van der Waals surface area contributed by atoms with Gasteiger partial charge in [0.1, 0.15) is 0 Å². The van der Waals surface area contributed by atoms with Gasteiger partial charge in [-0.2, -0.15) is 5.26 Å². The monoisotopic (exact) mass is 268 g/mol. The zero-order valence-electron chi connectivity index (χ0n) is 12.0. The lowest BCUT2D eigenvalue weighted by Crippen LogP contribution is -2.35. The van der Waals surface area contributed by atoms with Crippen molar-refractivity contribution in [3.05, 3.63) is 35.4 Å². The third-order valence-corrected chi connectivity index (χ3v) is 5.07. The first-order valence-corrected chi connectivity index (χ1v) is 7.34. The lowest BCUT2D eigenvalue weighted by Gasteiger charge is -2.29. The number of amides is 1. The minimum atomic E-state index is 0.100. The van der Waals surface area contributed by atoms with Gasteiger partial charge in [0, 0.05) is 18.0 Å². The summed E-state index contributed by atoms with van der Waals surface area (Å²) in [6, 6.07) is 10.1. The molecule has 0 N–H and O–H groups in total. The Morgan fingerprint density at radius 3 is 2.75 bits per heavy atom. The van der Waals surface area contributed by atoms with Crippen molar-refractivity contribution in [1.29, 1.82) is 5.26 Å². The maximum absolute atomic E-state index is 11.4. The molecule has 1 amide bonds. The predicted octanol–water partition coefficient (Wildman–Crippen LogP) is 2.92. The van der Waals surface area contributed by atoms with Crippen LogP contribution >= 0.6 is 0 Å². The smallest absolute Gasteiger partial charge is 0.210 e. The highest BCUT2D eigenvalue weighted by Crippen LogP contribution is 2.59. The van der Waals surface area contributed by atoms with Crippen LogP contribution in [-0.2, 0) is 4.79 Å². The third-order valence-electron chi connectivity index (χ3n) is 5.07. The van der Waals surface area contributed by atoms with Gasteiger partial charge in [0.15, 0.2) is 0 Å². The van der Waals surface area contributed by atoms with Crippen molar-refractivity contribution in [2.75, 3.05) is 6.54 Å². The van der Waals surface area contributed by atoms with Gasteiger partial charge in [-0.15, -0.1) is 0 Å². The first-order chi connectivity index (χ1) is 9.62. The molecule has 0 radical (unpaired) electrons. The molecule has 104 valence electrons. The molecule has 1 aliphatic heterocycles. The molecule has 2 atom stereocenters. The van der Waals surface area contributed by atoms with E-state index in [-0.39, 0.29) is 5.54 Å². The average molecular weight is 268 g/mol. The van der Waals surface area contributed by atoms with Crippen LogP contribution in [0.4, 0.5) is 0 Å². The largest absolute Gasteiger partial charge is 0.339 e. The number of rotatable bonds is 3. The molecule has 1 heterocycles. The fraction of sp³-hybridized carbons (Fsp3) is 0.529. The van der Waals surface area contributed by atoms with Crippen molar-refractivity contribution in [3.63, 3.8) is 0 Å². The Morgan fingerprint density at radius 1 is 1.45 bits per heavy atom. The molecule has 1 aromatic rings. The summed E-state index contributed by atoms with van der Waals surface area (Å²) >= 11 is 0. The van der Waals surface area contributed by atoms with Gasteiger partial charge in [-0.05, 0) is 42.4 Å².